The molecule has 0 amide bonds. The lowest BCUT2D eigenvalue weighted by Crippen LogP contribution is -1.89. The number of hydrogen-bond donors (Lipinski definition) is 0. The number of aromatic nitrogens is 3. The lowest BCUT2D eigenvalue weighted by Gasteiger charge is -1.89. The summed E-state index contributed by atoms with van der Waals surface area (Å²) in [5.74, 6) is 0. The zero-order chi connectivity index (χ0) is 6.81. The summed E-state index contributed by atoms with van der Waals surface area (Å²) in [5, 5.41) is 3.90. The summed E-state index contributed by atoms with van der Waals surface area (Å²) in [6, 6.07) is 1.81. The average Bonchev–Trinajstić information content (AvgIpc) is 2.59. The Hall–Kier alpha value is -1.58. The molecule has 4 heteroatoms. The van der Waals surface area contributed by atoms with Crippen molar-refractivity contribution >= 4 is 0 Å². The zero-order valence-corrected chi connectivity index (χ0v) is 5.14. The molecule has 0 aromatic carbocycles. The Kier molecular flexibility index (Phi) is 1.04. The second kappa shape index (κ2) is 1.98. The zero-order valence-electron chi connectivity index (χ0n) is 5.14. The summed E-state index contributed by atoms with van der Waals surface area (Å²) < 4.78 is 6.48. The van der Waals surface area contributed by atoms with Crippen LogP contribution in [0.2, 0.25) is 0 Å². The summed E-state index contributed by atoms with van der Waals surface area (Å²) in [4.78, 5) is 3.79. The summed E-state index contributed by atoms with van der Waals surface area (Å²) in [6.07, 6.45) is 6.30. The molecule has 0 saturated heterocycles. The monoisotopic (exact) mass is 135 g/mol. The normalized spacial score (nSPS) is 10.0. The Morgan fingerprint density at radius 2 is 2.50 bits per heavy atom. The summed E-state index contributed by atoms with van der Waals surface area (Å²) in [7, 11) is 0. The molecule has 2 aromatic rings. The fourth-order valence-corrected chi connectivity index (χ4v) is 0.729. The quantitative estimate of drug-likeness (QED) is 0.582. The fourth-order valence-electron chi connectivity index (χ4n) is 0.729. The van der Waals surface area contributed by atoms with E-state index >= 15 is 0 Å². The van der Waals surface area contributed by atoms with Crippen molar-refractivity contribution in [1.29, 1.82) is 0 Å². The molecule has 4 nitrogen and oxygen atoms in total. The van der Waals surface area contributed by atoms with E-state index in [4.69, 9.17) is 4.42 Å². The van der Waals surface area contributed by atoms with Crippen LogP contribution in [-0.4, -0.2) is 14.8 Å². The highest BCUT2D eigenvalue weighted by Crippen LogP contribution is 2.03. The predicted octanol–water partition coefficient (Wildman–Crippen LogP) is 0.860. The van der Waals surface area contributed by atoms with Gasteiger partial charge in [0.25, 0.3) is 0 Å². The van der Waals surface area contributed by atoms with Gasteiger partial charge in [-0.25, -0.2) is 9.67 Å². The standard InChI is InChI=1S/C6H5N3O/c1-2-10-3-6(1)9-5-7-4-8-9/h1-5H. The lowest BCUT2D eigenvalue weighted by molar-refractivity contribution is 0.564. The summed E-state index contributed by atoms with van der Waals surface area (Å²) in [6.45, 7) is 0. The van der Waals surface area contributed by atoms with E-state index in [-0.39, 0.29) is 0 Å². The highest BCUT2D eigenvalue weighted by atomic mass is 16.3. The van der Waals surface area contributed by atoms with Gasteiger partial charge in [0.1, 0.15) is 24.6 Å². The minimum Gasteiger partial charge on any atom is -0.470 e. The molecule has 0 fully saturated rings. The second-order valence-corrected chi connectivity index (χ2v) is 1.82. The van der Waals surface area contributed by atoms with Crippen LogP contribution >= 0.6 is 0 Å². The van der Waals surface area contributed by atoms with E-state index in [1.165, 1.54) is 6.33 Å². The van der Waals surface area contributed by atoms with Crippen LogP contribution in [0.25, 0.3) is 5.69 Å². The molecule has 0 spiro atoms. The minimum atomic E-state index is 0.887. The van der Waals surface area contributed by atoms with Crippen LogP contribution in [-0.2, 0) is 0 Å². The van der Waals surface area contributed by atoms with E-state index in [0.717, 1.165) is 5.69 Å². The third kappa shape index (κ3) is 0.699. The van der Waals surface area contributed by atoms with Crippen molar-refractivity contribution in [2.24, 2.45) is 0 Å². The van der Waals surface area contributed by atoms with Crippen LogP contribution in [0.15, 0.2) is 35.7 Å². The Balaban J connectivity index is 2.48. The van der Waals surface area contributed by atoms with Crippen molar-refractivity contribution in [3.63, 3.8) is 0 Å². The van der Waals surface area contributed by atoms with E-state index in [0.29, 0.717) is 0 Å². The molecule has 10 heavy (non-hydrogen) atoms. The summed E-state index contributed by atoms with van der Waals surface area (Å²) >= 11 is 0. The third-order valence-corrected chi connectivity index (χ3v) is 1.19. The summed E-state index contributed by atoms with van der Waals surface area (Å²) in [5.41, 5.74) is 0.887. The van der Waals surface area contributed by atoms with Gasteiger partial charge in [-0.05, 0) is 0 Å². The van der Waals surface area contributed by atoms with Gasteiger partial charge in [0, 0.05) is 6.07 Å². The molecule has 0 N–H and O–H groups in total. The van der Waals surface area contributed by atoms with E-state index in [2.05, 4.69) is 10.1 Å². The Bertz CT molecular complexity index is 252. The van der Waals surface area contributed by atoms with Crippen molar-refractivity contribution in [3.05, 3.63) is 31.2 Å². The topological polar surface area (TPSA) is 43.9 Å². The molecule has 0 unspecified atom stereocenters. The van der Waals surface area contributed by atoms with Crippen LogP contribution < -0.4 is 0 Å². The first-order chi connectivity index (χ1) is 4.97. The number of furan rings is 1. The lowest BCUT2D eigenvalue weighted by atomic mass is 10.5. The molecule has 50 valence electrons. The van der Waals surface area contributed by atoms with E-state index in [1.807, 2.05) is 6.07 Å². The maximum atomic E-state index is 4.85. The van der Waals surface area contributed by atoms with Gasteiger partial charge in [0.2, 0.25) is 0 Å². The van der Waals surface area contributed by atoms with Crippen molar-refractivity contribution < 1.29 is 4.42 Å². The van der Waals surface area contributed by atoms with Crippen LogP contribution in [0.3, 0.4) is 0 Å². The second-order valence-electron chi connectivity index (χ2n) is 1.82. The van der Waals surface area contributed by atoms with Crippen molar-refractivity contribution in [3.8, 4) is 5.69 Å². The van der Waals surface area contributed by atoms with E-state index < -0.39 is 0 Å². The average molecular weight is 135 g/mol. The molecule has 0 aliphatic rings. The SMILES string of the molecule is c1ncn(-c2ccoc2)n1. The number of rotatable bonds is 1. The molecule has 0 aliphatic carbocycles. The highest BCUT2D eigenvalue weighted by Gasteiger charge is 1.94. The van der Waals surface area contributed by atoms with Gasteiger partial charge < -0.3 is 4.42 Å². The Labute approximate surface area is 57.1 Å². The van der Waals surface area contributed by atoms with Crippen molar-refractivity contribution in [1.82, 2.24) is 14.8 Å². The first kappa shape index (κ1) is 5.22. The largest absolute Gasteiger partial charge is 0.470 e. The molecule has 0 aliphatic heterocycles. The molecule has 0 radical (unpaired) electrons. The first-order valence-electron chi connectivity index (χ1n) is 2.84. The van der Waals surface area contributed by atoms with Gasteiger partial charge in [-0.15, -0.1) is 0 Å². The highest BCUT2D eigenvalue weighted by molar-refractivity contribution is 5.22. The molecule has 2 heterocycles. The molecular weight excluding hydrogens is 130 g/mol. The van der Waals surface area contributed by atoms with Crippen LogP contribution in [0.1, 0.15) is 0 Å². The van der Waals surface area contributed by atoms with Crippen LogP contribution in [0.5, 0.6) is 0 Å². The number of nitrogens with zero attached hydrogens (tertiary/aromatic N) is 3. The molecule has 0 bridgehead atoms. The maximum Gasteiger partial charge on any atom is 0.138 e. The molecule has 2 aromatic heterocycles. The first-order valence-corrected chi connectivity index (χ1v) is 2.84. The van der Waals surface area contributed by atoms with Gasteiger partial charge in [0.15, 0.2) is 0 Å². The van der Waals surface area contributed by atoms with Crippen molar-refractivity contribution in [2.45, 2.75) is 0 Å². The maximum absolute atomic E-state index is 4.85. The number of hydrogen-bond acceptors (Lipinski definition) is 3. The smallest absolute Gasteiger partial charge is 0.138 e. The Morgan fingerprint density at radius 1 is 1.50 bits per heavy atom. The third-order valence-electron chi connectivity index (χ3n) is 1.19. The van der Waals surface area contributed by atoms with Gasteiger partial charge in [-0.3, -0.25) is 0 Å². The van der Waals surface area contributed by atoms with E-state index in [9.17, 15) is 0 Å². The van der Waals surface area contributed by atoms with Crippen LogP contribution in [0.4, 0.5) is 0 Å². The van der Waals surface area contributed by atoms with Gasteiger partial charge >= 0.3 is 0 Å². The predicted molar refractivity (Wildman–Crippen MR) is 33.6 cm³/mol. The van der Waals surface area contributed by atoms with E-state index in [1.54, 1.807) is 23.5 Å². The van der Waals surface area contributed by atoms with Gasteiger partial charge in [0.05, 0.1) is 6.26 Å². The van der Waals surface area contributed by atoms with Crippen molar-refractivity contribution in [2.75, 3.05) is 0 Å². The molecule has 0 atom stereocenters. The van der Waals surface area contributed by atoms with Gasteiger partial charge in [-0.2, -0.15) is 5.10 Å². The van der Waals surface area contributed by atoms with Crippen LogP contribution in [0, 0.1) is 0 Å². The Morgan fingerprint density at radius 3 is 3.10 bits per heavy atom. The molecule has 2 rings (SSSR count). The minimum absolute atomic E-state index is 0.887. The molecule has 0 saturated carbocycles. The molecular formula is C6H5N3O. The fraction of sp³-hybridized carbons (Fsp3) is 0. The van der Waals surface area contributed by atoms with Gasteiger partial charge in [-0.1, -0.05) is 0 Å².